The van der Waals surface area contributed by atoms with Gasteiger partial charge in [-0.2, -0.15) is 0 Å². The highest BCUT2D eigenvalue weighted by Gasteiger charge is 1.86. The molecule has 80 valence electrons. The molecular formula is C9H16BrNO2Si. The van der Waals surface area contributed by atoms with E-state index in [1.807, 2.05) is 24.3 Å². The smallest absolute Gasteiger partial charge is 0.303 e. The fourth-order valence-corrected chi connectivity index (χ4v) is 1.24. The topological polar surface area (TPSA) is 44.5 Å². The summed E-state index contributed by atoms with van der Waals surface area (Å²) in [5, 5.41) is 0. The molecule has 0 bridgehead atoms. The molecule has 0 aliphatic carbocycles. The number of halogens is 1. The molecule has 0 spiro atoms. The van der Waals surface area contributed by atoms with Crippen molar-refractivity contribution in [3.8, 4) is 0 Å². The molecule has 3 nitrogen and oxygen atoms in total. The summed E-state index contributed by atoms with van der Waals surface area (Å²) in [6, 6.07) is 7.98. The molecule has 1 aromatic carbocycles. The first-order chi connectivity index (χ1) is 6.74. The summed E-state index contributed by atoms with van der Waals surface area (Å²) in [5.41, 5.74) is 6.55. The van der Waals surface area contributed by atoms with Gasteiger partial charge in [0.1, 0.15) is 0 Å². The van der Waals surface area contributed by atoms with Crippen LogP contribution >= 0.6 is 15.9 Å². The van der Waals surface area contributed by atoms with Crippen molar-refractivity contribution in [3.05, 3.63) is 34.3 Å². The van der Waals surface area contributed by atoms with E-state index in [0.717, 1.165) is 4.47 Å². The Labute approximate surface area is 95.8 Å². The molecule has 2 N–H and O–H groups in total. The van der Waals surface area contributed by atoms with E-state index in [9.17, 15) is 0 Å². The van der Waals surface area contributed by atoms with Gasteiger partial charge < -0.3 is 14.6 Å². The largest absolute Gasteiger partial charge is 0.402 e. The molecule has 0 radical (unpaired) electrons. The third kappa shape index (κ3) is 7.22. The summed E-state index contributed by atoms with van der Waals surface area (Å²) >= 11 is 3.33. The minimum Gasteiger partial charge on any atom is -0.402 e. The van der Waals surface area contributed by atoms with Crippen LogP contribution in [0.4, 0.5) is 0 Å². The van der Waals surface area contributed by atoms with Crippen LogP contribution in [0.1, 0.15) is 5.56 Å². The van der Waals surface area contributed by atoms with Crippen LogP contribution in [0.25, 0.3) is 0 Å². The number of hydrogen-bond acceptors (Lipinski definition) is 3. The van der Waals surface area contributed by atoms with Crippen LogP contribution in [0.15, 0.2) is 28.7 Å². The Kier molecular flexibility index (Phi) is 9.22. The van der Waals surface area contributed by atoms with Crippen molar-refractivity contribution in [3.63, 3.8) is 0 Å². The molecule has 0 heterocycles. The van der Waals surface area contributed by atoms with Gasteiger partial charge in [0.2, 0.25) is 0 Å². The summed E-state index contributed by atoms with van der Waals surface area (Å²) < 4.78 is 10.3. The van der Waals surface area contributed by atoms with Gasteiger partial charge >= 0.3 is 10.0 Å². The number of benzene rings is 1. The Balaban J connectivity index is 0.000000292. The van der Waals surface area contributed by atoms with Gasteiger partial charge in [-0.15, -0.1) is 0 Å². The van der Waals surface area contributed by atoms with Gasteiger partial charge in [0.05, 0.1) is 0 Å². The summed E-state index contributed by atoms with van der Waals surface area (Å²) in [6.07, 6.45) is 0. The predicted molar refractivity (Wildman–Crippen MR) is 64.6 cm³/mol. The normalized spacial score (nSPS) is 9.14. The van der Waals surface area contributed by atoms with E-state index >= 15 is 0 Å². The van der Waals surface area contributed by atoms with Crippen LogP contribution in [0, 0.1) is 0 Å². The van der Waals surface area contributed by atoms with Gasteiger partial charge in [0.25, 0.3) is 0 Å². The van der Waals surface area contributed by atoms with E-state index in [0.29, 0.717) is 6.54 Å². The minimum absolute atomic E-state index is 0.568. The van der Waals surface area contributed by atoms with E-state index in [1.54, 1.807) is 14.2 Å². The molecule has 1 rings (SSSR count). The first-order valence-corrected chi connectivity index (χ1v) is 6.11. The van der Waals surface area contributed by atoms with Gasteiger partial charge in [-0.1, -0.05) is 28.1 Å². The standard InChI is InChI=1S/C7H8BrN.C2H8O2Si/c8-7-3-1-6(5-9)2-4-7;1-3-5-4-2/h1-4H,5,9H2;5H2,1-2H3. The zero-order chi connectivity index (χ0) is 10.8. The van der Waals surface area contributed by atoms with E-state index < -0.39 is 10.0 Å². The quantitative estimate of drug-likeness (QED) is 0.845. The van der Waals surface area contributed by atoms with Crippen molar-refractivity contribution >= 4 is 25.9 Å². The Morgan fingerprint density at radius 1 is 1.21 bits per heavy atom. The van der Waals surface area contributed by atoms with E-state index in [4.69, 9.17) is 5.73 Å². The highest BCUT2D eigenvalue weighted by molar-refractivity contribution is 9.10. The van der Waals surface area contributed by atoms with E-state index in [-0.39, 0.29) is 0 Å². The van der Waals surface area contributed by atoms with Gasteiger partial charge in [-0.05, 0) is 17.7 Å². The lowest BCUT2D eigenvalue weighted by atomic mass is 10.2. The SMILES string of the molecule is CO[SiH2]OC.NCc1ccc(Br)cc1. The second kappa shape index (κ2) is 9.36. The monoisotopic (exact) mass is 277 g/mol. The maximum absolute atomic E-state index is 5.38. The van der Waals surface area contributed by atoms with Crippen LogP contribution < -0.4 is 5.73 Å². The lowest BCUT2D eigenvalue weighted by Gasteiger charge is -1.93. The first-order valence-electron chi connectivity index (χ1n) is 4.17. The summed E-state index contributed by atoms with van der Waals surface area (Å²) in [5.74, 6) is 0. The molecule has 0 saturated carbocycles. The number of rotatable bonds is 3. The molecule has 0 aliphatic heterocycles. The van der Waals surface area contributed by atoms with Gasteiger partial charge in [0.15, 0.2) is 0 Å². The number of hydrogen-bond donors (Lipinski definition) is 1. The third-order valence-corrected chi connectivity index (χ3v) is 2.38. The Morgan fingerprint density at radius 3 is 2.00 bits per heavy atom. The number of nitrogens with two attached hydrogens (primary N) is 1. The Morgan fingerprint density at radius 2 is 1.71 bits per heavy atom. The van der Waals surface area contributed by atoms with Crippen molar-refractivity contribution in [2.45, 2.75) is 6.54 Å². The average Bonchev–Trinajstić information content (AvgIpc) is 2.21. The molecule has 0 amide bonds. The van der Waals surface area contributed by atoms with Gasteiger partial charge in [-0.3, -0.25) is 0 Å². The second-order valence-corrected chi connectivity index (χ2v) is 4.83. The summed E-state index contributed by atoms with van der Waals surface area (Å²) in [6.45, 7) is 0.618. The van der Waals surface area contributed by atoms with Crippen molar-refractivity contribution in [1.29, 1.82) is 0 Å². The predicted octanol–water partition coefficient (Wildman–Crippen LogP) is 1.19. The van der Waals surface area contributed by atoms with Crippen molar-refractivity contribution in [1.82, 2.24) is 0 Å². The summed E-state index contributed by atoms with van der Waals surface area (Å²) in [7, 11) is 2.73. The van der Waals surface area contributed by atoms with Crippen LogP contribution in [-0.4, -0.2) is 24.2 Å². The van der Waals surface area contributed by atoms with Crippen molar-refractivity contribution in [2.75, 3.05) is 14.2 Å². The first kappa shape index (κ1) is 13.8. The third-order valence-electron chi connectivity index (χ3n) is 1.38. The average molecular weight is 278 g/mol. The van der Waals surface area contributed by atoms with Gasteiger partial charge in [-0.25, -0.2) is 0 Å². The zero-order valence-electron chi connectivity index (χ0n) is 8.50. The van der Waals surface area contributed by atoms with Crippen molar-refractivity contribution in [2.24, 2.45) is 5.73 Å². The Hall–Kier alpha value is -0.203. The van der Waals surface area contributed by atoms with Crippen LogP contribution in [0.3, 0.4) is 0 Å². The van der Waals surface area contributed by atoms with E-state index in [2.05, 4.69) is 24.8 Å². The fraction of sp³-hybridized carbons (Fsp3) is 0.333. The zero-order valence-corrected chi connectivity index (χ0v) is 11.5. The summed E-state index contributed by atoms with van der Waals surface area (Å²) in [4.78, 5) is 0. The van der Waals surface area contributed by atoms with Crippen LogP contribution in [0.5, 0.6) is 0 Å². The maximum atomic E-state index is 5.38. The fourth-order valence-electron chi connectivity index (χ4n) is 0.738. The van der Waals surface area contributed by atoms with Gasteiger partial charge in [0, 0.05) is 25.2 Å². The minimum atomic E-state index is -0.568. The molecule has 0 aromatic heterocycles. The molecule has 1 aromatic rings. The molecule has 5 heteroatoms. The highest BCUT2D eigenvalue weighted by Crippen LogP contribution is 2.09. The lowest BCUT2D eigenvalue weighted by molar-refractivity contribution is 0.309. The molecule has 0 fully saturated rings. The molecule has 0 atom stereocenters. The Bertz CT molecular complexity index is 229. The molecule has 0 saturated heterocycles. The molecule has 0 aliphatic rings. The van der Waals surface area contributed by atoms with Crippen molar-refractivity contribution < 1.29 is 8.85 Å². The molecular weight excluding hydrogens is 262 g/mol. The van der Waals surface area contributed by atoms with Crippen LogP contribution in [-0.2, 0) is 15.4 Å². The highest BCUT2D eigenvalue weighted by atomic mass is 79.9. The van der Waals surface area contributed by atoms with Crippen LogP contribution in [0.2, 0.25) is 0 Å². The maximum Gasteiger partial charge on any atom is 0.303 e. The molecule has 14 heavy (non-hydrogen) atoms. The van der Waals surface area contributed by atoms with E-state index in [1.165, 1.54) is 5.56 Å². The molecule has 0 unspecified atom stereocenters. The second-order valence-electron chi connectivity index (χ2n) is 2.53. The lowest BCUT2D eigenvalue weighted by Crippen LogP contribution is -1.94.